The van der Waals surface area contributed by atoms with Crippen molar-refractivity contribution >= 4 is 15.8 Å². The Labute approximate surface area is 157 Å². The lowest BCUT2D eigenvalue weighted by Crippen LogP contribution is -2.14. The van der Waals surface area contributed by atoms with Crippen LogP contribution in [0.2, 0.25) is 0 Å². The molecule has 1 N–H and O–H groups in total. The monoisotopic (exact) mass is 388 g/mol. The van der Waals surface area contributed by atoms with Crippen molar-refractivity contribution in [2.24, 2.45) is 0 Å². The highest BCUT2D eigenvalue weighted by Gasteiger charge is 2.15. The zero-order chi connectivity index (χ0) is 19.1. The summed E-state index contributed by atoms with van der Waals surface area (Å²) in [6.45, 7) is 1.31. The molecule has 2 heterocycles. The standard InChI is InChI=1S/C18H20N4O4S/c1-25-12-13-26-16-5-7-17(8-6-16)27(23,24)21-18-9-11-22(20-18)14-15-4-2-3-10-19-15/h2-11H,12-14H2,1H3,(H,20,21). The number of anilines is 1. The Morgan fingerprint density at radius 1 is 1.07 bits per heavy atom. The number of nitrogens with zero attached hydrogens (tertiary/aromatic N) is 3. The molecular weight excluding hydrogens is 368 g/mol. The molecule has 27 heavy (non-hydrogen) atoms. The maximum absolute atomic E-state index is 12.5. The van der Waals surface area contributed by atoms with Crippen molar-refractivity contribution in [2.45, 2.75) is 11.4 Å². The molecule has 0 fully saturated rings. The average molecular weight is 388 g/mol. The zero-order valence-electron chi connectivity index (χ0n) is 14.8. The first-order valence-corrected chi connectivity index (χ1v) is 9.73. The third-order valence-electron chi connectivity index (χ3n) is 3.62. The number of methoxy groups -OCH3 is 1. The Kier molecular flexibility index (Phi) is 6.05. The molecule has 0 saturated heterocycles. The van der Waals surface area contributed by atoms with Crippen molar-refractivity contribution < 1.29 is 17.9 Å². The molecule has 0 aliphatic rings. The number of nitrogens with one attached hydrogen (secondary N) is 1. The number of hydrogen-bond acceptors (Lipinski definition) is 6. The summed E-state index contributed by atoms with van der Waals surface area (Å²) in [5.74, 6) is 0.817. The summed E-state index contributed by atoms with van der Waals surface area (Å²) in [5.41, 5.74) is 0.832. The second kappa shape index (κ2) is 8.65. The molecule has 0 atom stereocenters. The van der Waals surface area contributed by atoms with Gasteiger partial charge in [-0.05, 0) is 36.4 Å². The number of pyridine rings is 1. The summed E-state index contributed by atoms with van der Waals surface area (Å²) >= 11 is 0. The summed E-state index contributed by atoms with van der Waals surface area (Å²) in [5, 5.41) is 4.23. The summed E-state index contributed by atoms with van der Waals surface area (Å²) in [7, 11) is -2.15. The van der Waals surface area contributed by atoms with E-state index < -0.39 is 10.0 Å². The molecule has 0 aliphatic carbocycles. The summed E-state index contributed by atoms with van der Waals surface area (Å²) in [6.07, 6.45) is 3.39. The molecule has 3 rings (SSSR count). The first-order chi connectivity index (χ1) is 13.1. The molecule has 1 aromatic carbocycles. The fraction of sp³-hybridized carbons (Fsp3) is 0.222. The van der Waals surface area contributed by atoms with Crippen LogP contribution in [0.15, 0.2) is 65.8 Å². The van der Waals surface area contributed by atoms with E-state index in [4.69, 9.17) is 9.47 Å². The fourth-order valence-corrected chi connectivity index (χ4v) is 3.31. The maximum atomic E-state index is 12.5. The predicted molar refractivity (Wildman–Crippen MR) is 100 cm³/mol. The quantitative estimate of drug-likeness (QED) is 0.565. The van der Waals surface area contributed by atoms with Crippen LogP contribution in [0.1, 0.15) is 5.69 Å². The summed E-state index contributed by atoms with van der Waals surface area (Å²) in [4.78, 5) is 4.35. The molecule has 0 aliphatic heterocycles. The van der Waals surface area contributed by atoms with Gasteiger partial charge in [0.1, 0.15) is 12.4 Å². The second-order valence-electron chi connectivity index (χ2n) is 5.64. The first-order valence-electron chi connectivity index (χ1n) is 8.25. The van der Waals surface area contributed by atoms with Crippen LogP contribution < -0.4 is 9.46 Å². The molecular formula is C18H20N4O4S. The third-order valence-corrected chi connectivity index (χ3v) is 4.99. The van der Waals surface area contributed by atoms with Gasteiger partial charge in [-0.2, -0.15) is 5.10 Å². The Morgan fingerprint density at radius 3 is 2.59 bits per heavy atom. The lowest BCUT2D eigenvalue weighted by molar-refractivity contribution is 0.146. The molecule has 9 heteroatoms. The van der Waals surface area contributed by atoms with Crippen LogP contribution >= 0.6 is 0 Å². The van der Waals surface area contributed by atoms with Crippen LogP contribution in [0.5, 0.6) is 5.75 Å². The van der Waals surface area contributed by atoms with Crippen molar-refractivity contribution in [3.8, 4) is 5.75 Å². The number of hydrogen-bond donors (Lipinski definition) is 1. The Bertz CT molecular complexity index is 957. The van der Waals surface area contributed by atoms with Crippen LogP contribution in [0.4, 0.5) is 5.82 Å². The third kappa shape index (κ3) is 5.28. The van der Waals surface area contributed by atoms with E-state index in [0.717, 1.165) is 5.69 Å². The van der Waals surface area contributed by atoms with Gasteiger partial charge in [-0.3, -0.25) is 14.4 Å². The smallest absolute Gasteiger partial charge is 0.263 e. The van der Waals surface area contributed by atoms with E-state index in [1.165, 1.54) is 12.1 Å². The van der Waals surface area contributed by atoms with E-state index >= 15 is 0 Å². The van der Waals surface area contributed by atoms with Crippen molar-refractivity contribution in [3.63, 3.8) is 0 Å². The number of rotatable bonds is 9. The van der Waals surface area contributed by atoms with Gasteiger partial charge in [-0.15, -0.1) is 0 Å². The highest BCUT2D eigenvalue weighted by molar-refractivity contribution is 7.92. The predicted octanol–water partition coefficient (Wildman–Crippen LogP) is 2.15. The molecule has 0 saturated carbocycles. The van der Waals surface area contributed by atoms with Gasteiger partial charge in [0.05, 0.1) is 23.7 Å². The van der Waals surface area contributed by atoms with Gasteiger partial charge >= 0.3 is 0 Å². The van der Waals surface area contributed by atoms with Gasteiger partial charge in [0, 0.05) is 25.6 Å². The molecule has 0 bridgehead atoms. The highest BCUT2D eigenvalue weighted by atomic mass is 32.2. The molecule has 8 nitrogen and oxygen atoms in total. The van der Waals surface area contributed by atoms with Gasteiger partial charge in [0.2, 0.25) is 0 Å². The minimum Gasteiger partial charge on any atom is -0.491 e. The zero-order valence-corrected chi connectivity index (χ0v) is 15.6. The number of benzene rings is 1. The lowest BCUT2D eigenvalue weighted by atomic mass is 10.3. The Morgan fingerprint density at radius 2 is 1.89 bits per heavy atom. The van der Waals surface area contributed by atoms with E-state index in [-0.39, 0.29) is 10.7 Å². The number of ether oxygens (including phenoxy) is 2. The summed E-state index contributed by atoms with van der Waals surface area (Å²) < 4.78 is 39.4. The van der Waals surface area contributed by atoms with Gasteiger partial charge < -0.3 is 9.47 Å². The Balaban J connectivity index is 1.64. The van der Waals surface area contributed by atoms with Gasteiger partial charge in [0.15, 0.2) is 5.82 Å². The van der Waals surface area contributed by atoms with E-state index in [2.05, 4.69) is 14.8 Å². The molecule has 0 amide bonds. The second-order valence-corrected chi connectivity index (χ2v) is 7.32. The van der Waals surface area contributed by atoms with Crippen LogP contribution in [-0.2, 0) is 21.3 Å². The first kappa shape index (κ1) is 18.9. The van der Waals surface area contributed by atoms with E-state index in [1.807, 2.05) is 18.2 Å². The molecule has 0 radical (unpaired) electrons. The SMILES string of the molecule is COCCOc1ccc(S(=O)(=O)Nc2ccn(Cc3ccccn3)n2)cc1. The van der Waals surface area contributed by atoms with E-state index in [1.54, 1.807) is 42.4 Å². The van der Waals surface area contributed by atoms with Crippen molar-refractivity contribution in [3.05, 3.63) is 66.6 Å². The molecule has 2 aromatic heterocycles. The summed E-state index contributed by atoms with van der Waals surface area (Å²) in [6, 6.07) is 13.4. The highest BCUT2D eigenvalue weighted by Crippen LogP contribution is 2.18. The van der Waals surface area contributed by atoms with E-state index in [9.17, 15) is 8.42 Å². The number of aromatic nitrogens is 3. The molecule has 0 unspecified atom stereocenters. The Hall–Kier alpha value is -2.91. The van der Waals surface area contributed by atoms with Crippen LogP contribution in [0.3, 0.4) is 0 Å². The largest absolute Gasteiger partial charge is 0.491 e. The molecule has 142 valence electrons. The van der Waals surface area contributed by atoms with Crippen molar-refractivity contribution in [2.75, 3.05) is 25.0 Å². The van der Waals surface area contributed by atoms with Crippen LogP contribution in [-0.4, -0.2) is 43.5 Å². The van der Waals surface area contributed by atoms with Gasteiger partial charge in [-0.25, -0.2) is 8.42 Å². The fourth-order valence-electron chi connectivity index (χ4n) is 2.32. The average Bonchev–Trinajstić information content (AvgIpc) is 3.09. The maximum Gasteiger partial charge on any atom is 0.263 e. The topological polar surface area (TPSA) is 95.3 Å². The normalized spacial score (nSPS) is 11.3. The van der Waals surface area contributed by atoms with Crippen molar-refractivity contribution in [1.29, 1.82) is 0 Å². The van der Waals surface area contributed by atoms with Gasteiger partial charge in [0.25, 0.3) is 10.0 Å². The van der Waals surface area contributed by atoms with Crippen molar-refractivity contribution in [1.82, 2.24) is 14.8 Å². The molecule has 0 spiro atoms. The van der Waals surface area contributed by atoms with Gasteiger partial charge in [-0.1, -0.05) is 6.07 Å². The van der Waals surface area contributed by atoms with Crippen LogP contribution in [0.25, 0.3) is 0 Å². The minimum atomic E-state index is -3.74. The van der Waals surface area contributed by atoms with Crippen LogP contribution in [0, 0.1) is 0 Å². The number of sulfonamides is 1. The minimum absolute atomic E-state index is 0.126. The molecule has 3 aromatic rings. The van der Waals surface area contributed by atoms with E-state index in [0.29, 0.717) is 25.5 Å². The lowest BCUT2D eigenvalue weighted by Gasteiger charge is -2.08.